The molecule has 1 aromatic rings. The van der Waals surface area contributed by atoms with Crippen LogP contribution < -0.4 is 10.2 Å². The van der Waals surface area contributed by atoms with Crippen LogP contribution in [0.4, 0.5) is 5.95 Å². The van der Waals surface area contributed by atoms with Crippen molar-refractivity contribution in [3.8, 4) is 0 Å². The minimum atomic E-state index is 0.0119. The Morgan fingerprint density at radius 2 is 2.53 bits per heavy atom. The zero-order valence-corrected chi connectivity index (χ0v) is 11.3. The Hall–Kier alpha value is -1.91. The zero-order chi connectivity index (χ0) is 13.7. The second-order valence-electron chi connectivity index (χ2n) is 4.82. The monoisotopic (exact) mass is 260 g/mol. The van der Waals surface area contributed by atoms with Gasteiger partial charge in [-0.1, -0.05) is 6.08 Å². The molecule has 5 nitrogen and oxygen atoms in total. The summed E-state index contributed by atoms with van der Waals surface area (Å²) in [5, 5.41) is 2.86. The number of aromatic nitrogens is 2. The molecule has 0 bridgehead atoms. The summed E-state index contributed by atoms with van der Waals surface area (Å²) in [6.07, 6.45) is 5.37. The van der Waals surface area contributed by atoms with E-state index in [2.05, 4.69) is 26.8 Å². The third-order valence-electron chi connectivity index (χ3n) is 3.28. The Morgan fingerprint density at radius 1 is 1.68 bits per heavy atom. The molecule has 0 saturated carbocycles. The van der Waals surface area contributed by atoms with E-state index < -0.39 is 0 Å². The smallest absolute Gasteiger partial charge is 0.225 e. The summed E-state index contributed by atoms with van der Waals surface area (Å²) in [5.74, 6) is 0.830. The molecule has 2 rings (SSSR count). The maximum Gasteiger partial charge on any atom is 0.225 e. The van der Waals surface area contributed by atoms with Crippen LogP contribution in [0.1, 0.15) is 18.5 Å². The van der Waals surface area contributed by atoms with Crippen LogP contribution in [0.25, 0.3) is 0 Å². The van der Waals surface area contributed by atoms with Crippen molar-refractivity contribution in [1.82, 2.24) is 15.3 Å². The highest BCUT2D eigenvalue weighted by Crippen LogP contribution is 2.20. The van der Waals surface area contributed by atoms with E-state index in [-0.39, 0.29) is 11.8 Å². The molecule has 1 fully saturated rings. The Morgan fingerprint density at radius 3 is 3.26 bits per heavy atom. The molecule has 1 amide bonds. The third-order valence-corrected chi connectivity index (χ3v) is 3.28. The summed E-state index contributed by atoms with van der Waals surface area (Å²) in [6.45, 7) is 7.68. The molecule has 102 valence electrons. The maximum atomic E-state index is 12.0. The number of aryl methyl sites for hydroxylation is 1. The van der Waals surface area contributed by atoms with Crippen molar-refractivity contribution in [2.24, 2.45) is 5.92 Å². The fourth-order valence-corrected chi connectivity index (χ4v) is 2.28. The van der Waals surface area contributed by atoms with E-state index in [1.807, 2.05) is 13.0 Å². The third kappa shape index (κ3) is 3.53. The standard InChI is InChI=1S/C14H20N4O/c1-3-7-15-13(19)12-5-4-9-18(10-12)14-16-8-6-11(2)17-14/h3,6,8,12H,1,4-5,7,9-10H2,2H3,(H,15,19)/t12-/m1/s1. The minimum Gasteiger partial charge on any atom is -0.352 e. The topological polar surface area (TPSA) is 58.1 Å². The van der Waals surface area contributed by atoms with Gasteiger partial charge in [0.05, 0.1) is 5.92 Å². The number of carbonyl (C=O) groups is 1. The van der Waals surface area contributed by atoms with Gasteiger partial charge in [0.25, 0.3) is 0 Å². The lowest BCUT2D eigenvalue weighted by molar-refractivity contribution is -0.125. The summed E-state index contributed by atoms with van der Waals surface area (Å²) < 4.78 is 0. The molecule has 19 heavy (non-hydrogen) atoms. The lowest BCUT2D eigenvalue weighted by Crippen LogP contribution is -2.43. The number of anilines is 1. The highest BCUT2D eigenvalue weighted by Gasteiger charge is 2.26. The van der Waals surface area contributed by atoms with Gasteiger partial charge in [0.2, 0.25) is 11.9 Å². The van der Waals surface area contributed by atoms with Crippen LogP contribution in [0, 0.1) is 12.8 Å². The molecule has 0 aliphatic carbocycles. The molecule has 1 saturated heterocycles. The van der Waals surface area contributed by atoms with E-state index in [1.165, 1.54) is 0 Å². The average molecular weight is 260 g/mol. The molecule has 1 N–H and O–H groups in total. The van der Waals surface area contributed by atoms with Crippen molar-refractivity contribution < 1.29 is 4.79 Å². The van der Waals surface area contributed by atoms with Gasteiger partial charge in [-0.25, -0.2) is 9.97 Å². The summed E-state index contributed by atoms with van der Waals surface area (Å²) in [6, 6.07) is 1.88. The first-order valence-electron chi connectivity index (χ1n) is 6.64. The van der Waals surface area contributed by atoms with Gasteiger partial charge in [0.1, 0.15) is 0 Å². The number of amides is 1. The molecule has 0 spiro atoms. The van der Waals surface area contributed by atoms with E-state index >= 15 is 0 Å². The van der Waals surface area contributed by atoms with Gasteiger partial charge in [0.15, 0.2) is 0 Å². The minimum absolute atomic E-state index is 0.0119. The summed E-state index contributed by atoms with van der Waals surface area (Å²) in [5.41, 5.74) is 0.947. The number of hydrogen-bond donors (Lipinski definition) is 1. The molecule has 0 radical (unpaired) electrons. The first-order valence-corrected chi connectivity index (χ1v) is 6.64. The molecule has 2 heterocycles. The van der Waals surface area contributed by atoms with Crippen LogP contribution in [0.15, 0.2) is 24.9 Å². The zero-order valence-electron chi connectivity index (χ0n) is 11.3. The van der Waals surface area contributed by atoms with Gasteiger partial charge >= 0.3 is 0 Å². The lowest BCUT2D eigenvalue weighted by Gasteiger charge is -2.32. The van der Waals surface area contributed by atoms with E-state index in [1.54, 1.807) is 12.3 Å². The number of hydrogen-bond acceptors (Lipinski definition) is 4. The quantitative estimate of drug-likeness (QED) is 0.829. The summed E-state index contributed by atoms with van der Waals surface area (Å²) >= 11 is 0. The second kappa shape index (κ2) is 6.31. The molecule has 5 heteroatoms. The van der Waals surface area contributed by atoms with Gasteiger partial charge in [0, 0.05) is 31.5 Å². The molecule has 1 aliphatic heterocycles. The Labute approximate surface area is 113 Å². The Kier molecular flexibility index (Phi) is 4.49. The molecule has 1 atom stereocenters. The van der Waals surface area contributed by atoms with Crippen molar-refractivity contribution in [2.75, 3.05) is 24.5 Å². The van der Waals surface area contributed by atoms with E-state index in [0.717, 1.165) is 31.0 Å². The molecule has 0 aromatic carbocycles. The van der Waals surface area contributed by atoms with Crippen molar-refractivity contribution in [3.05, 3.63) is 30.6 Å². The largest absolute Gasteiger partial charge is 0.352 e. The van der Waals surface area contributed by atoms with E-state index in [9.17, 15) is 4.79 Å². The molecule has 0 unspecified atom stereocenters. The maximum absolute atomic E-state index is 12.0. The fraction of sp³-hybridized carbons (Fsp3) is 0.500. The summed E-state index contributed by atoms with van der Waals surface area (Å²) in [7, 11) is 0. The lowest BCUT2D eigenvalue weighted by atomic mass is 9.97. The van der Waals surface area contributed by atoms with E-state index in [4.69, 9.17) is 0 Å². The number of rotatable bonds is 4. The Bertz CT molecular complexity index is 461. The van der Waals surface area contributed by atoms with Gasteiger partial charge in [-0.3, -0.25) is 4.79 Å². The highest BCUT2D eigenvalue weighted by atomic mass is 16.1. The average Bonchev–Trinajstić information content (AvgIpc) is 2.45. The SMILES string of the molecule is C=CCNC(=O)[C@@H]1CCCN(c2nccc(C)n2)C1. The van der Waals surface area contributed by atoms with Crippen molar-refractivity contribution in [2.45, 2.75) is 19.8 Å². The first kappa shape index (κ1) is 13.5. The van der Waals surface area contributed by atoms with Crippen LogP contribution >= 0.6 is 0 Å². The number of piperidine rings is 1. The number of nitrogens with zero attached hydrogens (tertiary/aromatic N) is 3. The van der Waals surface area contributed by atoms with Gasteiger partial charge in [-0.15, -0.1) is 6.58 Å². The molecule has 1 aliphatic rings. The first-order chi connectivity index (χ1) is 9.20. The van der Waals surface area contributed by atoms with Crippen molar-refractivity contribution >= 4 is 11.9 Å². The van der Waals surface area contributed by atoms with Gasteiger partial charge < -0.3 is 10.2 Å². The van der Waals surface area contributed by atoms with Crippen LogP contribution in [-0.4, -0.2) is 35.5 Å². The normalized spacial score (nSPS) is 19.0. The van der Waals surface area contributed by atoms with Crippen molar-refractivity contribution in [1.29, 1.82) is 0 Å². The molecule has 1 aromatic heterocycles. The second-order valence-corrected chi connectivity index (χ2v) is 4.82. The van der Waals surface area contributed by atoms with Gasteiger partial charge in [-0.05, 0) is 25.8 Å². The fourth-order valence-electron chi connectivity index (χ4n) is 2.28. The predicted molar refractivity (Wildman–Crippen MR) is 74.9 cm³/mol. The number of nitrogens with one attached hydrogen (secondary N) is 1. The van der Waals surface area contributed by atoms with Crippen LogP contribution in [-0.2, 0) is 4.79 Å². The molecular weight excluding hydrogens is 240 g/mol. The molecular formula is C14H20N4O. The van der Waals surface area contributed by atoms with E-state index in [0.29, 0.717) is 13.1 Å². The van der Waals surface area contributed by atoms with Gasteiger partial charge in [-0.2, -0.15) is 0 Å². The Balaban J connectivity index is 2.00. The predicted octanol–water partition coefficient (Wildman–Crippen LogP) is 1.30. The van der Waals surface area contributed by atoms with Crippen molar-refractivity contribution in [3.63, 3.8) is 0 Å². The van der Waals surface area contributed by atoms with Crippen LogP contribution in [0.2, 0.25) is 0 Å². The summed E-state index contributed by atoms with van der Waals surface area (Å²) in [4.78, 5) is 22.8. The van der Waals surface area contributed by atoms with Crippen LogP contribution in [0.3, 0.4) is 0 Å². The van der Waals surface area contributed by atoms with Crippen LogP contribution in [0.5, 0.6) is 0 Å². The highest BCUT2D eigenvalue weighted by molar-refractivity contribution is 5.79. The number of carbonyl (C=O) groups excluding carboxylic acids is 1.